The lowest BCUT2D eigenvalue weighted by molar-refractivity contribution is -0.145. The third-order valence-corrected chi connectivity index (χ3v) is 3.39. The fourth-order valence-corrected chi connectivity index (χ4v) is 2.51. The van der Waals surface area contributed by atoms with Crippen LogP contribution < -0.4 is 10.2 Å². The number of nitrogens with one attached hydrogen (secondary N) is 1. The summed E-state index contributed by atoms with van der Waals surface area (Å²) in [7, 11) is 0. The maximum absolute atomic E-state index is 11.6. The van der Waals surface area contributed by atoms with Gasteiger partial charge >= 0.3 is 5.97 Å². The number of hydrogen-bond donors (Lipinski definition) is 1. The quantitative estimate of drug-likeness (QED) is 0.819. The first kappa shape index (κ1) is 20.9. The van der Waals surface area contributed by atoms with Crippen molar-refractivity contribution in [2.75, 3.05) is 29.9 Å². The van der Waals surface area contributed by atoms with Gasteiger partial charge in [0.25, 0.3) is 0 Å². The van der Waals surface area contributed by atoms with Crippen molar-refractivity contribution in [2.24, 2.45) is 0 Å². The molecule has 1 saturated heterocycles. The van der Waals surface area contributed by atoms with Crippen molar-refractivity contribution in [2.45, 2.75) is 39.2 Å². The molecule has 1 fully saturated rings. The molecule has 1 aromatic rings. The number of carbonyl (C=O) groups excluding carboxylic acids is 1. The lowest BCUT2D eigenvalue weighted by atomic mass is 10.1. The Labute approximate surface area is 145 Å². The number of esters is 1. The Hall–Kier alpha value is -1.13. The molecule has 1 aromatic carbocycles. The summed E-state index contributed by atoms with van der Waals surface area (Å²) in [6, 6.07) is 8.17. The molecule has 0 aromatic heterocycles. The van der Waals surface area contributed by atoms with Crippen molar-refractivity contribution in [3.8, 4) is 0 Å². The Morgan fingerprint density at radius 1 is 1.18 bits per heavy atom. The highest BCUT2D eigenvalue weighted by molar-refractivity contribution is 5.85. The standard InChI is InChI=1S/C16H24N2O2.2ClH/c1-13(2)20-16(19)12-17-14-8-4-5-9-15(14)18-10-6-3-7-11-18;;/h4-5,8-9,13,17H,3,6-7,10-12H2,1-2H3;2*1H. The number of piperidine rings is 1. The second-order valence-corrected chi connectivity index (χ2v) is 5.46. The molecule has 126 valence electrons. The molecule has 4 nitrogen and oxygen atoms in total. The maximum Gasteiger partial charge on any atom is 0.325 e. The van der Waals surface area contributed by atoms with Gasteiger partial charge in [0.05, 0.1) is 17.5 Å². The molecule has 1 heterocycles. The van der Waals surface area contributed by atoms with Gasteiger partial charge in [-0.2, -0.15) is 0 Å². The Morgan fingerprint density at radius 3 is 2.45 bits per heavy atom. The molecule has 0 spiro atoms. The van der Waals surface area contributed by atoms with E-state index in [-0.39, 0.29) is 43.4 Å². The Bertz CT molecular complexity index is 450. The van der Waals surface area contributed by atoms with Crippen LogP contribution in [0.1, 0.15) is 33.1 Å². The summed E-state index contributed by atoms with van der Waals surface area (Å²) in [6.45, 7) is 6.12. The first-order chi connectivity index (χ1) is 9.66. The van der Waals surface area contributed by atoms with Crippen LogP contribution in [0, 0.1) is 0 Å². The summed E-state index contributed by atoms with van der Waals surface area (Å²) in [5.41, 5.74) is 2.19. The van der Waals surface area contributed by atoms with E-state index in [1.807, 2.05) is 32.0 Å². The fourth-order valence-electron chi connectivity index (χ4n) is 2.51. The van der Waals surface area contributed by atoms with Gasteiger partial charge < -0.3 is 15.0 Å². The van der Waals surface area contributed by atoms with E-state index in [0.717, 1.165) is 18.8 Å². The number of rotatable bonds is 5. The molecule has 0 saturated carbocycles. The fraction of sp³-hybridized carbons (Fsp3) is 0.562. The van der Waals surface area contributed by atoms with Crippen LogP contribution in [0.5, 0.6) is 0 Å². The van der Waals surface area contributed by atoms with Crippen molar-refractivity contribution >= 4 is 42.2 Å². The highest BCUT2D eigenvalue weighted by Crippen LogP contribution is 2.27. The predicted molar refractivity (Wildman–Crippen MR) is 96.7 cm³/mol. The summed E-state index contributed by atoms with van der Waals surface area (Å²) in [6.07, 6.45) is 3.72. The number of carbonyl (C=O) groups is 1. The van der Waals surface area contributed by atoms with E-state index in [4.69, 9.17) is 4.74 Å². The second-order valence-electron chi connectivity index (χ2n) is 5.46. The number of benzene rings is 1. The molecule has 0 unspecified atom stereocenters. The lowest BCUT2D eigenvalue weighted by Gasteiger charge is -2.30. The summed E-state index contributed by atoms with van der Waals surface area (Å²) >= 11 is 0. The van der Waals surface area contributed by atoms with Gasteiger partial charge in [0, 0.05) is 13.1 Å². The van der Waals surface area contributed by atoms with Crippen molar-refractivity contribution < 1.29 is 9.53 Å². The van der Waals surface area contributed by atoms with Crippen LogP contribution in [0.2, 0.25) is 0 Å². The molecular formula is C16H26Cl2N2O2. The van der Waals surface area contributed by atoms with Crippen molar-refractivity contribution in [1.82, 2.24) is 0 Å². The molecule has 0 atom stereocenters. The Morgan fingerprint density at radius 2 is 1.82 bits per heavy atom. The number of halogens is 2. The van der Waals surface area contributed by atoms with Gasteiger partial charge in [-0.3, -0.25) is 4.79 Å². The largest absolute Gasteiger partial charge is 0.462 e. The number of hydrogen-bond acceptors (Lipinski definition) is 4. The van der Waals surface area contributed by atoms with Gasteiger partial charge in [0.15, 0.2) is 0 Å². The van der Waals surface area contributed by atoms with Gasteiger partial charge in [-0.15, -0.1) is 24.8 Å². The van der Waals surface area contributed by atoms with Crippen LogP contribution in [0.15, 0.2) is 24.3 Å². The number of para-hydroxylation sites is 2. The van der Waals surface area contributed by atoms with Crippen LogP contribution in [-0.2, 0) is 9.53 Å². The number of ether oxygens (including phenoxy) is 1. The number of anilines is 2. The maximum atomic E-state index is 11.6. The molecule has 0 amide bonds. The van der Waals surface area contributed by atoms with Crippen LogP contribution in [0.3, 0.4) is 0 Å². The normalized spacial score (nSPS) is 13.9. The first-order valence-corrected chi connectivity index (χ1v) is 7.44. The zero-order valence-corrected chi connectivity index (χ0v) is 14.8. The molecule has 22 heavy (non-hydrogen) atoms. The Kier molecular flexibility index (Phi) is 10.0. The average Bonchev–Trinajstić information content (AvgIpc) is 2.46. The summed E-state index contributed by atoms with van der Waals surface area (Å²) < 4.78 is 5.14. The molecule has 1 N–H and O–H groups in total. The highest BCUT2D eigenvalue weighted by Gasteiger charge is 2.14. The minimum atomic E-state index is -0.214. The van der Waals surface area contributed by atoms with Crippen molar-refractivity contribution in [3.05, 3.63) is 24.3 Å². The van der Waals surface area contributed by atoms with Crippen molar-refractivity contribution in [3.63, 3.8) is 0 Å². The van der Waals surface area contributed by atoms with Crippen LogP contribution in [-0.4, -0.2) is 31.7 Å². The molecule has 2 rings (SSSR count). The minimum Gasteiger partial charge on any atom is -0.462 e. The highest BCUT2D eigenvalue weighted by atomic mass is 35.5. The van der Waals surface area contributed by atoms with E-state index in [2.05, 4.69) is 16.3 Å². The molecule has 0 radical (unpaired) electrons. The summed E-state index contributed by atoms with van der Waals surface area (Å²) in [5.74, 6) is -0.214. The molecule has 1 aliphatic heterocycles. The first-order valence-electron chi connectivity index (χ1n) is 7.44. The van der Waals surface area contributed by atoms with Crippen LogP contribution >= 0.6 is 24.8 Å². The van der Waals surface area contributed by atoms with Gasteiger partial charge in [0.1, 0.15) is 6.54 Å². The van der Waals surface area contributed by atoms with Crippen LogP contribution in [0.4, 0.5) is 11.4 Å². The molecule has 1 aliphatic rings. The monoisotopic (exact) mass is 348 g/mol. The third kappa shape index (κ3) is 6.32. The zero-order chi connectivity index (χ0) is 14.4. The van der Waals surface area contributed by atoms with Crippen molar-refractivity contribution in [1.29, 1.82) is 0 Å². The van der Waals surface area contributed by atoms with Crippen LogP contribution in [0.25, 0.3) is 0 Å². The zero-order valence-electron chi connectivity index (χ0n) is 13.2. The van der Waals surface area contributed by atoms with Gasteiger partial charge in [0.2, 0.25) is 0 Å². The van der Waals surface area contributed by atoms with Gasteiger partial charge in [-0.05, 0) is 45.2 Å². The smallest absolute Gasteiger partial charge is 0.325 e. The number of nitrogens with zero attached hydrogens (tertiary/aromatic N) is 1. The summed E-state index contributed by atoms with van der Waals surface area (Å²) in [5, 5.41) is 3.20. The van der Waals surface area contributed by atoms with E-state index in [9.17, 15) is 4.79 Å². The van der Waals surface area contributed by atoms with E-state index >= 15 is 0 Å². The van der Waals surface area contributed by atoms with Gasteiger partial charge in [-0.1, -0.05) is 12.1 Å². The molecule has 0 aliphatic carbocycles. The van der Waals surface area contributed by atoms with Gasteiger partial charge in [-0.25, -0.2) is 0 Å². The average molecular weight is 349 g/mol. The summed E-state index contributed by atoms with van der Waals surface area (Å²) in [4.78, 5) is 14.0. The van der Waals surface area contributed by atoms with E-state index < -0.39 is 0 Å². The minimum absolute atomic E-state index is 0. The molecule has 6 heteroatoms. The van der Waals surface area contributed by atoms with E-state index in [1.54, 1.807) is 0 Å². The third-order valence-electron chi connectivity index (χ3n) is 3.39. The molecular weight excluding hydrogens is 323 g/mol. The second kappa shape index (κ2) is 10.6. The topological polar surface area (TPSA) is 41.6 Å². The Balaban J connectivity index is 0.00000220. The van der Waals surface area contributed by atoms with E-state index in [1.165, 1.54) is 24.9 Å². The lowest BCUT2D eigenvalue weighted by Crippen LogP contribution is -2.30. The molecule has 0 bridgehead atoms. The van der Waals surface area contributed by atoms with E-state index in [0.29, 0.717) is 0 Å². The predicted octanol–water partition coefficient (Wildman–Crippen LogP) is 3.88. The SMILES string of the molecule is CC(C)OC(=O)CNc1ccccc1N1CCCCC1.Cl.Cl.